The second-order valence-corrected chi connectivity index (χ2v) is 9.22. The SMILES string of the molecule is Cc1ccccc1CC(=O)N1CC(c2nncn2C)C2(CCN(C(C)C)CC2)C1. The van der Waals surface area contributed by atoms with Crippen LogP contribution in [0.5, 0.6) is 0 Å². The standard InChI is InChI=1S/C23H33N5O/c1-17(2)27-11-9-23(10-12-27)15-28(14-20(23)22-25-24-16-26(22)4)21(29)13-19-8-6-5-7-18(19)3/h5-8,16-17,20H,9-15H2,1-4H3. The molecule has 6 nitrogen and oxygen atoms in total. The van der Waals surface area contributed by atoms with Crippen molar-refractivity contribution in [2.24, 2.45) is 12.5 Å². The minimum atomic E-state index is 0.105. The van der Waals surface area contributed by atoms with E-state index in [-0.39, 0.29) is 17.2 Å². The summed E-state index contributed by atoms with van der Waals surface area (Å²) in [5, 5.41) is 8.59. The van der Waals surface area contributed by atoms with Crippen molar-refractivity contribution < 1.29 is 4.79 Å². The third kappa shape index (κ3) is 3.82. The highest BCUT2D eigenvalue weighted by atomic mass is 16.2. The summed E-state index contributed by atoms with van der Waals surface area (Å²) in [6, 6.07) is 8.77. The molecule has 1 amide bonds. The molecule has 1 aromatic carbocycles. The Morgan fingerprint density at radius 2 is 1.97 bits per heavy atom. The summed E-state index contributed by atoms with van der Waals surface area (Å²) in [4.78, 5) is 17.9. The van der Waals surface area contributed by atoms with Gasteiger partial charge < -0.3 is 14.4 Å². The van der Waals surface area contributed by atoms with Crippen LogP contribution in [-0.2, 0) is 18.3 Å². The number of nitrogens with zero attached hydrogens (tertiary/aromatic N) is 5. The van der Waals surface area contributed by atoms with E-state index in [0.717, 1.165) is 50.4 Å². The topological polar surface area (TPSA) is 54.3 Å². The van der Waals surface area contributed by atoms with Gasteiger partial charge in [0.15, 0.2) is 0 Å². The Hall–Kier alpha value is -2.21. The number of rotatable bonds is 4. The molecule has 3 heterocycles. The van der Waals surface area contributed by atoms with Crippen molar-refractivity contribution in [2.45, 2.75) is 52.0 Å². The summed E-state index contributed by atoms with van der Waals surface area (Å²) in [6.45, 7) is 10.4. The van der Waals surface area contributed by atoms with Gasteiger partial charge in [-0.15, -0.1) is 10.2 Å². The zero-order chi connectivity index (χ0) is 20.6. The Morgan fingerprint density at radius 1 is 1.24 bits per heavy atom. The molecule has 1 unspecified atom stereocenters. The van der Waals surface area contributed by atoms with Gasteiger partial charge in [-0.1, -0.05) is 24.3 Å². The van der Waals surface area contributed by atoms with Crippen LogP contribution in [0.1, 0.15) is 49.6 Å². The molecule has 4 rings (SSSR count). The van der Waals surface area contributed by atoms with Crippen LogP contribution in [0.3, 0.4) is 0 Å². The molecule has 6 heteroatoms. The summed E-state index contributed by atoms with van der Waals surface area (Å²) >= 11 is 0. The molecular formula is C23H33N5O. The second-order valence-electron chi connectivity index (χ2n) is 9.22. The second kappa shape index (κ2) is 7.90. The fourth-order valence-corrected chi connectivity index (χ4v) is 5.20. The van der Waals surface area contributed by atoms with Crippen LogP contribution in [0, 0.1) is 12.3 Å². The van der Waals surface area contributed by atoms with Gasteiger partial charge in [0.2, 0.25) is 5.91 Å². The molecule has 0 bridgehead atoms. The van der Waals surface area contributed by atoms with Crippen molar-refractivity contribution in [1.29, 1.82) is 0 Å². The molecule has 156 valence electrons. The molecule has 2 aliphatic rings. The zero-order valence-electron chi connectivity index (χ0n) is 18.1. The van der Waals surface area contributed by atoms with Gasteiger partial charge in [-0.05, 0) is 57.8 Å². The van der Waals surface area contributed by atoms with Gasteiger partial charge in [0, 0.05) is 37.5 Å². The highest BCUT2D eigenvalue weighted by Gasteiger charge is 2.51. The first-order valence-corrected chi connectivity index (χ1v) is 10.8. The third-order valence-electron chi connectivity index (χ3n) is 7.19. The van der Waals surface area contributed by atoms with E-state index in [1.807, 2.05) is 23.7 Å². The molecule has 1 atom stereocenters. The quantitative estimate of drug-likeness (QED) is 0.799. The van der Waals surface area contributed by atoms with Gasteiger partial charge in [0.1, 0.15) is 12.2 Å². The number of carbonyl (C=O) groups is 1. The normalized spacial score (nSPS) is 22.0. The molecule has 29 heavy (non-hydrogen) atoms. The molecule has 0 N–H and O–H groups in total. The number of piperidine rings is 1. The van der Waals surface area contributed by atoms with Crippen LogP contribution in [-0.4, -0.2) is 62.7 Å². The lowest BCUT2D eigenvalue weighted by atomic mass is 9.70. The molecule has 1 spiro atoms. The average molecular weight is 396 g/mol. The maximum Gasteiger partial charge on any atom is 0.227 e. The zero-order valence-corrected chi connectivity index (χ0v) is 18.1. The van der Waals surface area contributed by atoms with E-state index in [1.165, 1.54) is 5.56 Å². The van der Waals surface area contributed by atoms with Crippen LogP contribution in [0.25, 0.3) is 0 Å². The van der Waals surface area contributed by atoms with E-state index >= 15 is 0 Å². The number of aromatic nitrogens is 3. The smallest absolute Gasteiger partial charge is 0.227 e. The van der Waals surface area contributed by atoms with E-state index in [0.29, 0.717) is 12.5 Å². The molecular weight excluding hydrogens is 362 g/mol. The minimum absolute atomic E-state index is 0.105. The monoisotopic (exact) mass is 395 g/mol. The number of carbonyl (C=O) groups excluding carboxylic acids is 1. The number of amides is 1. The van der Waals surface area contributed by atoms with Crippen LogP contribution >= 0.6 is 0 Å². The first-order chi connectivity index (χ1) is 13.9. The van der Waals surface area contributed by atoms with Crippen molar-refractivity contribution in [3.63, 3.8) is 0 Å². The average Bonchev–Trinajstić information content (AvgIpc) is 3.27. The highest BCUT2D eigenvalue weighted by molar-refractivity contribution is 5.79. The molecule has 0 saturated carbocycles. The van der Waals surface area contributed by atoms with Crippen molar-refractivity contribution in [2.75, 3.05) is 26.2 Å². The fraction of sp³-hybridized carbons (Fsp3) is 0.609. The maximum absolute atomic E-state index is 13.2. The Balaban J connectivity index is 1.56. The van der Waals surface area contributed by atoms with E-state index < -0.39 is 0 Å². The minimum Gasteiger partial charge on any atom is -0.341 e. The molecule has 0 aliphatic carbocycles. The van der Waals surface area contributed by atoms with Gasteiger partial charge in [-0.2, -0.15) is 0 Å². The molecule has 2 fully saturated rings. The van der Waals surface area contributed by atoms with Crippen LogP contribution in [0.2, 0.25) is 0 Å². The van der Waals surface area contributed by atoms with E-state index in [4.69, 9.17) is 0 Å². The molecule has 2 aliphatic heterocycles. The van der Waals surface area contributed by atoms with Crippen molar-refractivity contribution in [3.05, 3.63) is 47.5 Å². The van der Waals surface area contributed by atoms with Gasteiger partial charge >= 0.3 is 0 Å². The molecule has 0 radical (unpaired) electrons. The predicted molar refractivity (Wildman–Crippen MR) is 114 cm³/mol. The lowest BCUT2D eigenvalue weighted by Gasteiger charge is -2.43. The van der Waals surface area contributed by atoms with Gasteiger partial charge in [-0.3, -0.25) is 4.79 Å². The number of aryl methyl sites for hydroxylation is 2. The van der Waals surface area contributed by atoms with Crippen molar-refractivity contribution in [3.8, 4) is 0 Å². The molecule has 2 saturated heterocycles. The lowest BCUT2D eigenvalue weighted by Crippen LogP contribution is -2.46. The lowest BCUT2D eigenvalue weighted by molar-refractivity contribution is -0.130. The summed E-state index contributed by atoms with van der Waals surface area (Å²) in [7, 11) is 2.02. The summed E-state index contributed by atoms with van der Waals surface area (Å²) < 4.78 is 2.04. The number of hydrogen-bond donors (Lipinski definition) is 0. The van der Waals surface area contributed by atoms with E-state index in [2.05, 4.69) is 52.9 Å². The van der Waals surface area contributed by atoms with Crippen molar-refractivity contribution in [1.82, 2.24) is 24.6 Å². The van der Waals surface area contributed by atoms with Crippen LogP contribution in [0.4, 0.5) is 0 Å². The first kappa shape index (κ1) is 20.1. The van der Waals surface area contributed by atoms with E-state index in [1.54, 1.807) is 6.33 Å². The maximum atomic E-state index is 13.2. The summed E-state index contributed by atoms with van der Waals surface area (Å²) in [6.07, 6.45) is 4.48. The van der Waals surface area contributed by atoms with Crippen molar-refractivity contribution >= 4 is 5.91 Å². The van der Waals surface area contributed by atoms with Gasteiger partial charge in [0.05, 0.1) is 6.42 Å². The Bertz CT molecular complexity index is 866. The fourth-order valence-electron chi connectivity index (χ4n) is 5.20. The summed E-state index contributed by atoms with van der Waals surface area (Å²) in [5.41, 5.74) is 2.42. The number of likely N-dealkylation sites (tertiary alicyclic amines) is 2. The Morgan fingerprint density at radius 3 is 2.59 bits per heavy atom. The van der Waals surface area contributed by atoms with Gasteiger partial charge in [-0.25, -0.2) is 0 Å². The molecule has 2 aromatic rings. The van der Waals surface area contributed by atoms with Crippen LogP contribution in [0.15, 0.2) is 30.6 Å². The third-order valence-corrected chi connectivity index (χ3v) is 7.19. The summed E-state index contributed by atoms with van der Waals surface area (Å²) in [5.74, 6) is 1.51. The van der Waals surface area contributed by atoms with Gasteiger partial charge in [0.25, 0.3) is 0 Å². The number of hydrogen-bond acceptors (Lipinski definition) is 4. The largest absolute Gasteiger partial charge is 0.341 e. The predicted octanol–water partition coefficient (Wildman–Crippen LogP) is 2.78. The highest BCUT2D eigenvalue weighted by Crippen LogP contribution is 2.49. The Labute approximate surface area is 173 Å². The number of benzene rings is 1. The molecule has 1 aromatic heterocycles. The first-order valence-electron chi connectivity index (χ1n) is 10.8. The Kier molecular flexibility index (Phi) is 5.47. The van der Waals surface area contributed by atoms with E-state index in [9.17, 15) is 4.79 Å². The van der Waals surface area contributed by atoms with Crippen LogP contribution < -0.4 is 0 Å².